The van der Waals surface area contributed by atoms with Crippen LogP contribution >= 0.6 is 0 Å². The zero-order valence-corrected chi connectivity index (χ0v) is 17.3. The molecular weight excluding hydrogens is 356 g/mol. The Morgan fingerprint density at radius 2 is 1.89 bits per heavy atom. The maximum Gasteiger partial charge on any atom is 0.410 e. The molecule has 0 saturated heterocycles. The largest absolute Gasteiger partial charge is 0.481 e. The molecule has 0 aliphatic heterocycles. The Bertz CT molecular complexity index is 615. The minimum atomic E-state index is -0.776. The molecule has 0 heterocycles. The lowest BCUT2D eigenvalue weighted by Gasteiger charge is -2.29. The molecule has 6 heteroatoms. The standard InChI is InChI=1S/C22H34N2O4/c1-5-15-24(22(27)28-16-19-9-7-17(3)8-10-19)20(6-2)12-14-23-13-11-18(4)21(25)26/h5,7-10,18,20,23H,1,6,11-16H2,2-4H3,(H,25,26). The van der Waals surface area contributed by atoms with E-state index in [1.165, 1.54) is 5.56 Å². The van der Waals surface area contributed by atoms with Crippen molar-refractivity contribution in [1.82, 2.24) is 10.2 Å². The number of aryl methyl sites for hydroxylation is 1. The van der Waals surface area contributed by atoms with Gasteiger partial charge in [0.2, 0.25) is 0 Å². The molecule has 1 amide bonds. The Hall–Kier alpha value is -2.34. The number of nitrogens with zero attached hydrogens (tertiary/aromatic N) is 1. The van der Waals surface area contributed by atoms with Gasteiger partial charge in [0.25, 0.3) is 0 Å². The van der Waals surface area contributed by atoms with Crippen molar-refractivity contribution in [3.05, 3.63) is 48.0 Å². The molecule has 1 aromatic rings. The number of hydrogen-bond donors (Lipinski definition) is 2. The Kier molecular flexibility index (Phi) is 11.0. The number of hydrogen-bond acceptors (Lipinski definition) is 4. The highest BCUT2D eigenvalue weighted by Crippen LogP contribution is 2.13. The zero-order chi connectivity index (χ0) is 20.9. The van der Waals surface area contributed by atoms with Crippen molar-refractivity contribution in [2.45, 2.75) is 52.7 Å². The van der Waals surface area contributed by atoms with E-state index in [4.69, 9.17) is 9.84 Å². The molecule has 1 rings (SSSR count). The van der Waals surface area contributed by atoms with E-state index in [0.29, 0.717) is 26.1 Å². The van der Waals surface area contributed by atoms with Crippen LogP contribution in [-0.4, -0.2) is 47.7 Å². The summed E-state index contributed by atoms with van der Waals surface area (Å²) < 4.78 is 5.50. The van der Waals surface area contributed by atoms with Crippen LogP contribution in [0.4, 0.5) is 4.79 Å². The summed E-state index contributed by atoms with van der Waals surface area (Å²) in [7, 11) is 0. The third-order valence-electron chi connectivity index (χ3n) is 4.79. The number of carboxylic acids is 1. The maximum absolute atomic E-state index is 12.6. The first-order valence-corrected chi connectivity index (χ1v) is 9.92. The van der Waals surface area contributed by atoms with Gasteiger partial charge in [0.05, 0.1) is 5.92 Å². The van der Waals surface area contributed by atoms with Crippen molar-refractivity contribution in [3.8, 4) is 0 Å². The molecule has 0 bridgehead atoms. The number of aliphatic carboxylic acids is 1. The van der Waals surface area contributed by atoms with E-state index in [2.05, 4.69) is 11.9 Å². The summed E-state index contributed by atoms with van der Waals surface area (Å²) in [5.74, 6) is -1.13. The van der Waals surface area contributed by atoms with E-state index in [-0.39, 0.29) is 24.7 Å². The fourth-order valence-electron chi connectivity index (χ4n) is 2.84. The molecule has 0 spiro atoms. The van der Waals surface area contributed by atoms with E-state index in [1.807, 2.05) is 38.1 Å². The van der Waals surface area contributed by atoms with Crippen molar-refractivity contribution < 1.29 is 19.4 Å². The normalized spacial score (nSPS) is 12.8. The molecule has 1 aromatic carbocycles. The first kappa shape index (κ1) is 23.7. The van der Waals surface area contributed by atoms with E-state index in [1.54, 1.807) is 17.9 Å². The summed E-state index contributed by atoms with van der Waals surface area (Å²) >= 11 is 0. The lowest BCUT2D eigenvalue weighted by molar-refractivity contribution is -0.141. The maximum atomic E-state index is 12.6. The summed E-state index contributed by atoms with van der Waals surface area (Å²) in [6.07, 6.45) is 3.53. The van der Waals surface area contributed by atoms with E-state index in [9.17, 15) is 9.59 Å². The smallest absolute Gasteiger partial charge is 0.410 e. The van der Waals surface area contributed by atoms with Gasteiger partial charge < -0.3 is 20.1 Å². The Labute approximate surface area is 168 Å². The van der Waals surface area contributed by atoms with Crippen LogP contribution in [0.2, 0.25) is 0 Å². The minimum absolute atomic E-state index is 0.0351. The molecule has 6 nitrogen and oxygen atoms in total. The second-order valence-corrected chi connectivity index (χ2v) is 7.11. The van der Waals surface area contributed by atoms with Gasteiger partial charge in [-0.15, -0.1) is 6.58 Å². The Morgan fingerprint density at radius 3 is 2.46 bits per heavy atom. The van der Waals surface area contributed by atoms with Crippen LogP contribution in [0.25, 0.3) is 0 Å². The van der Waals surface area contributed by atoms with Crippen molar-refractivity contribution in [1.29, 1.82) is 0 Å². The predicted molar refractivity (Wildman–Crippen MR) is 111 cm³/mol. The fraction of sp³-hybridized carbons (Fsp3) is 0.545. The molecular formula is C22H34N2O4. The van der Waals surface area contributed by atoms with Crippen LogP contribution in [0.15, 0.2) is 36.9 Å². The van der Waals surface area contributed by atoms with Crippen molar-refractivity contribution in [2.75, 3.05) is 19.6 Å². The van der Waals surface area contributed by atoms with Crippen molar-refractivity contribution >= 4 is 12.1 Å². The Balaban J connectivity index is 2.50. The van der Waals surface area contributed by atoms with Crippen molar-refractivity contribution in [3.63, 3.8) is 0 Å². The summed E-state index contributed by atoms with van der Waals surface area (Å²) in [5.41, 5.74) is 2.12. The molecule has 0 saturated carbocycles. The third kappa shape index (κ3) is 8.57. The minimum Gasteiger partial charge on any atom is -0.481 e. The molecule has 2 unspecified atom stereocenters. The predicted octanol–water partition coefficient (Wildman–Crippen LogP) is 3.99. The molecule has 2 N–H and O–H groups in total. The highest BCUT2D eigenvalue weighted by Gasteiger charge is 2.22. The van der Waals surface area contributed by atoms with Crippen LogP contribution in [0.3, 0.4) is 0 Å². The van der Waals surface area contributed by atoms with Gasteiger partial charge in [-0.1, -0.05) is 49.8 Å². The molecule has 156 valence electrons. The van der Waals surface area contributed by atoms with Gasteiger partial charge in [0.15, 0.2) is 0 Å². The van der Waals surface area contributed by atoms with Crippen LogP contribution in [0.5, 0.6) is 0 Å². The molecule has 0 aromatic heterocycles. The molecule has 0 aliphatic rings. The molecule has 28 heavy (non-hydrogen) atoms. The fourth-order valence-corrected chi connectivity index (χ4v) is 2.84. The van der Waals surface area contributed by atoms with Gasteiger partial charge >= 0.3 is 12.1 Å². The molecule has 0 radical (unpaired) electrons. The topological polar surface area (TPSA) is 78.9 Å². The summed E-state index contributed by atoms with van der Waals surface area (Å²) in [6.45, 7) is 11.5. The second-order valence-electron chi connectivity index (χ2n) is 7.11. The highest BCUT2D eigenvalue weighted by atomic mass is 16.6. The summed E-state index contributed by atoms with van der Waals surface area (Å²) in [4.78, 5) is 25.1. The number of amides is 1. The van der Waals surface area contributed by atoms with Gasteiger partial charge in [-0.2, -0.15) is 0 Å². The average Bonchev–Trinajstić information content (AvgIpc) is 2.68. The highest BCUT2D eigenvalue weighted by molar-refractivity contribution is 5.69. The lowest BCUT2D eigenvalue weighted by atomic mass is 10.1. The number of benzene rings is 1. The van der Waals surface area contributed by atoms with Gasteiger partial charge in [-0.05, 0) is 44.8 Å². The van der Waals surface area contributed by atoms with Crippen LogP contribution in [0, 0.1) is 12.8 Å². The lowest BCUT2D eigenvalue weighted by Crippen LogP contribution is -2.42. The van der Waals surface area contributed by atoms with Gasteiger partial charge in [-0.25, -0.2) is 4.79 Å². The number of carbonyl (C=O) groups excluding carboxylic acids is 1. The molecule has 0 fully saturated rings. The molecule has 2 atom stereocenters. The number of carboxylic acid groups (broad SMARTS) is 1. The first-order chi connectivity index (χ1) is 13.4. The SMILES string of the molecule is C=CCN(C(=O)OCc1ccc(C)cc1)C(CC)CCNCCC(C)C(=O)O. The number of carbonyl (C=O) groups is 2. The van der Waals surface area contributed by atoms with Gasteiger partial charge in [0.1, 0.15) is 6.61 Å². The van der Waals surface area contributed by atoms with Crippen LogP contribution in [-0.2, 0) is 16.1 Å². The monoisotopic (exact) mass is 390 g/mol. The van der Waals surface area contributed by atoms with Gasteiger partial charge in [-0.3, -0.25) is 4.79 Å². The quantitative estimate of drug-likeness (QED) is 0.393. The number of ether oxygens (including phenoxy) is 1. The van der Waals surface area contributed by atoms with E-state index < -0.39 is 5.97 Å². The Morgan fingerprint density at radius 1 is 1.25 bits per heavy atom. The summed E-state index contributed by atoms with van der Waals surface area (Å²) in [5, 5.41) is 12.2. The zero-order valence-electron chi connectivity index (χ0n) is 17.3. The first-order valence-electron chi connectivity index (χ1n) is 9.92. The summed E-state index contributed by atoms with van der Waals surface area (Å²) in [6, 6.07) is 7.94. The van der Waals surface area contributed by atoms with Crippen molar-refractivity contribution in [2.24, 2.45) is 5.92 Å². The van der Waals surface area contributed by atoms with E-state index in [0.717, 1.165) is 18.4 Å². The second kappa shape index (κ2) is 12.9. The van der Waals surface area contributed by atoms with Crippen LogP contribution in [0.1, 0.15) is 44.2 Å². The van der Waals surface area contributed by atoms with Gasteiger partial charge in [0, 0.05) is 12.6 Å². The number of nitrogens with one attached hydrogen (secondary N) is 1. The van der Waals surface area contributed by atoms with Crippen LogP contribution < -0.4 is 5.32 Å². The third-order valence-corrected chi connectivity index (χ3v) is 4.79. The number of rotatable bonds is 13. The molecule has 0 aliphatic carbocycles. The van der Waals surface area contributed by atoms with E-state index >= 15 is 0 Å². The average molecular weight is 391 g/mol.